The van der Waals surface area contributed by atoms with Crippen molar-refractivity contribution in [2.24, 2.45) is 4.99 Å². The van der Waals surface area contributed by atoms with Gasteiger partial charge in [0.15, 0.2) is 5.17 Å². The molecule has 164 valence electrons. The molecule has 0 aromatic heterocycles. The van der Waals surface area contributed by atoms with Crippen molar-refractivity contribution in [1.82, 2.24) is 4.90 Å². The second-order valence-corrected chi connectivity index (χ2v) is 8.09. The average Bonchev–Trinajstić information content (AvgIpc) is 3.20. The van der Waals surface area contributed by atoms with Crippen LogP contribution in [0.1, 0.15) is 24.9 Å². The second kappa shape index (κ2) is 9.32. The fourth-order valence-electron chi connectivity index (χ4n) is 3.76. The molecule has 0 fully saturated rings. The highest BCUT2D eigenvalue weighted by molar-refractivity contribution is 8.16. The van der Waals surface area contributed by atoms with E-state index in [-0.39, 0.29) is 12.3 Å². The van der Waals surface area contributed by atoms with Gasteiger partial charge in [-0.2, -0.15) is 0 Å². The lowest BCUT2D eigenvalue weighted by atomic mass is 9.94. The second-order valence-electron chi connectivity index (χ2n) is 7.25. The highest BCUT2D eigenvalue weighted by atomic mass is 32.2. The van der Waals surface area contributed by atoms with Crippen molar-refractivity contribution in [2.45, 2.75) is 19.4 Å². The first-order chi connectivity index (χ1) is 15.5. The Morgan fingerprint density at radius 2 is 1.91 bits per heavy atom. The van der Waals surface area contributed by atoms with Gasteiger partial charge >= 0.3 is 5.97 Å². The summed E-state index contributed by atoms with van der Waals surface area (Å²) in [6, 6.07) is 16.5. The number of nitrogens with one attached hydrogen (secondary N) is 1. The number of nitrogens with zero attached hydrogens (tertiary/aromatic N) is 2. The van der Waals surface area contributed by atoms with E-state index in [1.54, 1.807) is 26.2 Å². The molecule has 8 heteroatoms. The molecule has 0 saturated heterocycles. The maximum atomic E-state index is 12.8. The number of amidine groups is 1. The number of methoxy groups -OCH3 is 2. The lowest BCUT2D eigenvalue weighted by Crippen LogP contribution is -2.37. The van der Waals surface area contributed by atoms with Gasteiger partial charge in [-0.25, -0.2) is 9.79 Å². The summed E-state index contributed by atoms with van der Waals surface area (Å²) in [7, 11) is 2.94. The molecule has 2 aliphatic rings. The largest absolute Gasteiger partial charge is 0.497 e. The number of carbonyl (C=O) groups is 2. The lowest BCUT2D eigenvalue weighted by Gasteiger charge is -2.36. The fraction of sp³-hybridized carbons (Fsp3) is 0.208. The van der Waals surface area contributed by atoms with Gasteiger partial charge in [0, 0.05) is 17.5 Å². The standard InChI is InChI=1S/C24H23N3O4S/c1-15-21(23(29)31-3)22(16-8-5-4-6-9-16)27-18(14-32-24(27)25-15)13-20(28)26-17-10-7-11-19(12-17)30-2/h4-12,14,22H,13H2,1-3H3,(H,26,28)/t22-/m0/s1. The first kappa shape index (κ1) is 21.7. The maximum absolute atomic E-state index is 12.8. The van der Waals surface area contributed by atoms with Crippen LogP contribution in [0, 0.1) is 0 Å². The zero-order valence-electron chi connectivity index (χ0n) is 18.0. The van der Waals surface area contributed by atoms with Gasteiger partial charge in [0.05, 0.1) is 38.0 Å². The van der Waals surface area contributed by atoms with E-state index in [0.29, 0.717) is 22.7 Å². The fourth-order valence-corrected chi connectivity index (χ4v) is 4.73. The Labute approximate surface area is 190 Å². The minimum absolute atomic E-state index is 0.125. The quantitative estimate of drug-likeness (QED) is 0.656. The van der Waals surface area contributed by atoms with E-state index >= 15 is 0 Å². The zero-order chi connectivity index (χ0) is 22.7. The number of hydrogen-bond donors (Lipinski definition) is 1. The number of amides is 1. The van der Waals surface area contributed by atoms with Crippen LogP contribution in [0.25, 0.3) is 0 Å². The summed E-state index contributed by atoms with van der Waals surface area (Å²) in [5.74, 6) is 0.0525. The first-order valence-electron chi connectivity index (χ1n) is 10.0. The van der Waals surface area contributed by atoms with Crippen LogP contribution in [0.15, 0.2) is 82.0 Å². The Kier molecular flexibility index (Phi) is 6.32. The molecule has 0 spiro atoms. The maximum Gasteiger partial charge on any atom is 0.338 e. The molecule has 1 amide bonds. The van der Waals surface area contributed by atoms with Crippen molar-refractivity contribution >= 4 is 34.5 Å². The van der Waals surface area contributed by atoms with Gasteiger partial charge in [0.2, 0.25) is 5.91 Å². The third-order valence-corrected chi connectivity index (χ3v) is 6.11. The van der Waals surface area contributed by atoms with Crippen LogP contribution in [0.5, 0.6) is 5.75 Å². The molecule has 0 saturated carbocycles. The SMILES string of the molecule is COC(=O)C1=C(C)N=C2SC=C(CC(=O)Nc3cccc(OC)c3)N2[C@H]1c1ccccc1. The minimum atomic E-state index is -0.434. The number of anilines is 1. The normalized spacial score (nSPS) is 17.3. The molecule has 32 heavy (non-hydrogen) atoms. The molecule has 2 aliphatic heterocycles. The molecule has 2 aromatic rings. The van der Waals surface area contributed by atoms with E-state index in [9.17, 15) is 9.59 Å². The number of esters is 1. The molecule has 2 heterocycles. The predicted molar refractivity (Wildman–Crippen MR) is 125 cm³/mol. The van der Waals surface area contributed by atoms with E-state index in [4.69, 9.17) is 9.47 Å². The summed E-state index contributed by atoms with van der Waals surface area (Å²) in [5, 5.41) is 5.55. The summed E-state index contributed by atoms with van der Waals surface area (Å²) >= 11 is 1.44. The number of benzene rings is 2. The van der Waals surface area contributed by atoms with Crippen molar-refractivity contribution in [2.75, 3.05) is 19.5 Å². The topological polar surface area (TPSA) is 80.2 Å². The highest BCUT2D eigenvalue weighted by Gasteiger charge is 2.40. The molecule has 1 N–H and O–H groups in total. The molecule has 7 nitrogen and oxygen atoms in total. The number of aliphatic imine (C=N–C) groups is 1. The Morgan fingerprint density at radius 1 is 1.12 bits per heavy atom. The molecule has 0 aliphatic carbocycles. The summed E-state index contributed by atoms with van der Waals surface area (Å²) < 4.78 is 10.3. The number of ether oxygens (including phenoxy) is 2. The van der Waals surface area contributed by atoms with Crippen LogP contribution in [0.2, 0.25) is 0 Å². The molecule has 1 atom stereocenters. The number of allylic oxidation sites excluding steroid dienone is 1. The Morgan fingerprint density at radius 3 is 2.62 bits per heavy atom. The smallest absolute Gasteiger partial charge is 0.338 e. The van der Waals surface area contributed by atoms with Crippen LogP contribution in [-0.2, 0) is 14.3 Å². The van der Waals surface area contributed by atoms with Crippen LogP contribution < -0.4 is 10.1 Å². The van der Waals surface area contributed by atoms with Gasteiger partial charge in [-0.3, -0.25) is 4.79 Å². The highest BCUT2D eigenvalue weighted by Crippen LogP contribution is 2.44. The van der Waals surface area contributed by atoms with Crippen LogP contribution in [-0.4, -0.2) is 36.2 Å². The molecular formula is C24H23N3O4S. The van der Waals surface area contributed by atoms with Gasteiger partial charge in [0.25, 0.3) is 0 Å². The van der Waals surface area contributed by atoms with Crippen molar-refractivity contribution in [3.8, 4) is 5.75 Å². The number of rotatable bonds is 6. The van der Waals surface area contributed by atoms with Crippen LogP contribution in [0.4, 0.5) is 5.69 Å². The van der Waals surface area contributed by atoms with E-state index in [0.717, 1.165) is 16.4 Å². The van der Waals surface area contributed by atoms with E-state index in [1.165, 1.54) is 18.9 Å². The number of thioether (sulfide) groups is 1. The monoisotopic (exact) mass is 449 g/mol. The Hall–Kier alpha value is -3.52. The molecule has 4 rings (SSSR count). The van der Waals surface area contributed by atoms with Gasteiger partial charge in [-0.15, -0.1) is 0 Å². The summed E-state index contributed by atoms with van der Waals surface area (Å²) in [6.45, 7) is 1.81. The third kappa shape index (κ3) is 4.27. The van der Waals surface area contributed by atoms with E-state index in [2.05, 4.69) is 10.3 Å². The molecular weight excluding hydrogens is 426 g/mol. The van der Waals surface area contributed by atoms with Crippen LogP contribution >= 0.6 is 11.8 Å². The molecule has 0 radical (unpaired) electrons. The number of hydrogen-bond acceptors (Lipinski definition) is 7. The molecule has 0 bridgehead atoms. The Balaban J connectivity index is 1.62. The molecule has 0 unspecified atom stereocenters. The van der Waals surface area contributed by atoms with Crippen LogP contribution in [0.3, 0.4) is 0 Å². The minimum Gasteiger partial charge on any atom is -0.497 e. The van der Waals surface area contributed by atoms with E-state index in [1.807, 2.05) is 52.8 Å². The third-order valence-electron chi connectivity index (χ3n) is 5.22. The van der Waals surface area contributed by atoms with Crippen molar-refractivity contribution in [1.29, 1.82) is 0 Å². The van der Waals surface area contributed by atoms with Gasteiger partial charge in [-0.1, -0.05) is 48.2 Å². The van der Waals surface area contributed by atoms with Crippen molar-refractivity contribution < 1.29 is 19.1 Å². The van der Waals surface area contributed by atoms with Crippen molar-refractivity contribution in [3.63, 3.8) is 0 Å². The zero-order valence-corrected chi connectivity index (χ0v) is 18.8. The van der Waals surface area contributed by atoms with E-state index < -0.39 is 12.0 Å². The van der Waals surface area contributed by atoms with Gasteiger partial charge in [0.1, 0.15) is 5.75 Å². The molecule has 2 aromatic carbocycles. The predicted octanol–water partition coefficient (Wildman–Crippen LogP) is 4.47. The average molecular weight is 450 g/mol. The number of carbonyl (C=O) groups excluding carboxylic acids is 2. The summed E-state index contributed by atoms with van der Waals surface area (Å²) in [6.07, 6.45) is 0.125. The van der Waals surface area contributed by atoms with Crippen molar-refractivity contribution in [3.05, 3.63) is 82.5 Å². The Bertz CT molecular complexity index is 1140. The number of fused-ring (bicyclic) bond motifs is 1. The lowest BCUT2D eigenvalue weighted by molar-refractivity contribution is -0.136. The summed E-state index contributed by atoms with van der Waals surface area (Å²) in [5.41, 5.74) is 3.40. The first-order valence-corrected chi connectivity index (χ1v) is 10.9. The summed E-state index contributed by atoms with van der Waals surface area (Å²) in [4.78, 5) is 32.1. The van der Waals surface area contributed by atoms with Gasteiger partial charge in [-0.05, 0) is 30.0 Å². The van der Waals surface area contributed by atoms with Gasteiger partial charge < -0.3 is 19.7 Å².